The zero-order valence-electron chi connectivity index (χ0n) is 17.9. The number of thioether (sulfide) groups is 1. The fourth-order valence-electron chi connectivity index (χ4n) is 3.50. The van der Waals surface area contributed by atoms with Gasteiger partial charge in [0.05, 0.1) is 22.8 Å². The fourth-order valence-corrected chi connectivity index (χ4v) is 6.35. The van der Waals surface area contributed by atoms with Gasteiger partial charge in [-0.1, -0.05) is 91.0 Å². The summed E-state index contributed by atoms with van der Waals surface area (Å²) in [7, 11) is -3.28. The second kappa shape index (κ2) is 10.5. The third kappa shape index (κ3) is 5.89. The number of nitriles is 1. The van der Waals surface area contributed by atoms with Crippen LogP contribution in [-0.2, 0) is 15.6 Å². The van der Waals surface area contributed by atoms with Gasteiger partial charge < -0.3 is 0 Å². The van der Waals surface area contributed by atoms with Crippen LogP contribution in [0.5, 0.6) is 0 Å². The van der Waals surface area contributed by atoms with Gasteiger partial charge in [0.15, 0.2) is 9.84 Å². The Labute approximate surface area is 198 Å². The Hall–Kier alpha value is -3.40. The first-order chi connectivity index (χ1) is 16.1. The third-order valence-electron chi connectivity index (χ3n) is 5.11. The Bertz CT molecular complexity index is 1370. The average molecular weight is 471 g/mol. The topological polar surface area (TPSA) is 70.8 Å². The Morgan fingerprint density at radius 1 is 0.818 bits per heavy atom. The fraction of sp³-hybridized carbons (Fsp3) is 0.111. The van der Waals surface area contributed by atoms with E-state index in [0.29, 0.717) is 16.3 Å². The van der Waals surface area contributed by atoms with E-state index in [9.17, 15) is 13.7 Å². The number of pyridine rings is 1. The Kier molecular flexibility index (Phi) is 7.23. The van der Waals surface area contributed by atoms with E-state index < -0.39 is 9.84 Å². The van der Waals surface area contributed by atoms with Crippen LogP contribution in [0.2, 0.25) is 0 Å². The van der Waals surface area contributed by atoms with Crippen LogP contribution in [0.3, 0.4) is 0 Å². The maximum absolute atomic E-state index is 12.6. The van der Waals surface area contributed by atoms with Crippen molar-refractivity contribution in [3.05, 3.63) is 108 Å². The molecule has 0 unspecified atom stereocenters. The molecule has 0 spiro atoms. The molecule has 4 rings (SSSR count). The van der Waals surface area contributed by atoms with Gasteiger partial charge in [0.25, 0.3) is 0 Å². The molecule has 3 aromatic carbocycles. The molecule has 0 atom stereocenters. The molecule has 0 aliphatic rings. The molecule has 0 bridgehead atoms. The predicted molar refractivity (Wildman–Crippen MR) is 134 cm³/mol. The lowest BCUT2D eigenvalue weighted by Gasteiger charge is -2.13. The number of aromatic nitrogens is 1. The van der Waals surface area contributed by atoms with Gasteiger partial charge in [0.2, 0.25) is 0 Å². The molecule has 0 radical (unpaired) electrons. The second-order valence-corrected chi connectivity index (χ2v) is 10.8. The summed E-state index contributed by atoms with van der Waals surface area (Å²) < 4.78 is 25.2. The zero-order chi connectivity index (χ0) is 23.1. The molecule has 0 aliphatic heterocycles. The summed E-state index contributed by atoms with van der Waals surface area (Å²) in [6, 6.07) is 32.9. The summed E-state index contributed by atoms with van der Waals surface area (Å²) >= 11 is 1.31. The third-order valence-corrected chi connectivity index (χ3v) is 7.95. The number of nitrogens with zero attached hydrogens (tertiary/aromatic N) is 2. The normalized spacial score (nSPS) is 11.1. The first-order valence-corrected chi connectivity index (χ1v) is 13.3. The van der Waals surface area contributed by atoms with Gasteiger partial charge in [0, 0.05) is 16.9 Å². The summed E-state index contributed by atoms with van der Waals surface area (Å²) in [6.07, 6.45) is 0. The minimum Gasteiger partial charge on any atom is -0.240 e. The van der Waals surface area contributed by atoms with Gasteiger partial charge in [0.1, 0.15) is 11.1 Å². The quantitative estimate of drug-likeness (QED) is 0.296. The van der Waals surface area contributed by atoms with Gasteiger partial charge in [-0.3, -0.25) is 0 Å². The molecule has 1 heterocycles. The Morgan fingerprint density at radius 2 is 1.39 bits per heavy atom. The molecular formula is C27H22N2O2S2. The molecule has 1 aromatic heterocycles. The minimum absolute atomic E-state index is 0.00621. The van der Waals surface area contributed by atoms with E-state index in [1.807, 2.05) is 97.1 Å². The minimum atomic E-state index is -3.28. The highest BCUT2D eigenvalue weighted by Gasteiger charge is 2.18. The monoisotopic (exact) mass is 470 g/mol. The second-order valence-electron chi connectivity index (χ2n) is 7.51. The van der Waals surface area contributed by atoms with Gasteiger partial charge in [-0.05, 0) is 17.2 Å². The van der Waals surface area contributed by atoms with E-state index in [2.05, 4.69) is 6.07 Å². The van der Waals surface area contributed by atoms with Gasteiger partial charge >= 0.3 is 0 Å². The number of hydrogen-bond acceptors (Lipinski definition) is 5. The smallest absolute Gasteiger partial charge is 0.155 e. The number of rotatable bonds is 8. The number of sulfone groups is 1. The largest absolute Gasteiger partial charge is 0.240 e. The van der Waals surface area contributed by atoms with Gasteiger partial charge in [-0.25, -0.2) is 13.4 Å². The highest BCUT2D eigenvalue weighted by atomic mass is 32.2. The Balaban J connectivity index is 1.63. The lowest BCUT2D eigenvalue weighted by atomic mass is 9.99. The van der Waals surface area contributed by atoms with Gasteiger partial charge in [-0.15, -0.1) is 11.8 Å². The molecule has 0 saturated carbocycles. The van der Waals surface area contributed by atoms with Crippen LogP contribution in [0.1, 0.15) is 11.1 Å². The van der Waals surface area contributed by atoms with Crippen LogP contribution in [0.4, 0.5) is 0 Å². The summed E-state index contributed by atoms with van der Waals surface area (Å²) in [6.45, 7) is 0. The SMILES string of the molecule is N#Cc1c(-c2ccccc2)cc(-c2ccccc2)nc1SCCS(=O)(=O)Cc1ccccc1. The van der Waals surface area contributed by atoms with Crippen molar-refractivity contribution in [3.8, 4) is 28.5 Å². The number of benzene rings is 3. The molecule has 0 amide bonds. The van der Waals surface area contributed by atoms with E-state index >= 15 is 0 Å². The van der Waals surface area contributed by atoms with Gasteiger partial charge in [-0.2, -0.15) is 5.26 Å². The molecular weight excluding hydrogens is 448 g/mol. The van der Waals surface area contributed by atoms with Crippen molar-refractivity contribution in [3.63, 3.8) is 0 Å². The summed E-state index contributed by atoms with van der Waals surface area (Å²) in [5, 5.41) is 10.5. The summed E-state index contributed by atoms with van der Waals surface area (Å²) in [5.74, 6) is 0.338. The molecule has 6 heteroatoms. The van der Waals surface area contributed by atoms with E-state index in [1.165, 1.54) is 11.8 Å². The summed E-state index contributed by atoms with van der Waals surface area (Å²) in [4.78, 5) is 4.75. The van der Waals surface area contributed by atoms with E-state index in [1.54, 1.807) is 0 Å². The van der Waals surface area contributed by atoms with E-state index in [-0.39, 0.29) is 11.5 Å². The van der Waals surface area contributed by atoms with E-state index in [0.717, 1.165) is 27.9 Å². The van der Waals surface area contributed by atoms with Crippen LogP contribution in [0.25, 0.3) is 22.4 Å². The summed E-state index contributed by atoms with van der Waals surface area (Å²) in [5.41, 5.74) is 4.65. The first-order valence-electron chi connectivity index (χ1n) is 10.5. The van der Waals surface area contributed by atoms with Crippen LogP contribution >= 0.6 is 11.8 Å². The van der Waals surface area contributed by atoms with Crippen LogP contribution in [0.15, 0.2) is 102 Å². The van der Waals surface area contributed by atoms with Crippen molar-refractivity contribution in [1.29, 1.82) is 5.26 Å². The first kappa shape index (κ1) is 22.8. The van der Waals surface area contributed by atoms with Crippen molar-refractivity contribution in [1.82, 2.24) is 4.98 Å². The lowest BCUT2D eigenvalue weighted by molar-refractivity contribution is 0.597. The van der Waals surface area contributed by atoms with Crippen LogP contribution < -0.4 is 0 Å². The van der Waals surface area contributed by atoms with Crippen molar-refractivity contribution < 1.29 is 8.42 Å². The Morgan fingerprint density at radius 3 is 2.00 bits per heavy atom. The lowest BCUT2D eigenvalue weighted by Crippen LogP contribution is -2.11. The van der Waals surface area contributed by atoms with Crippen LogP contribution in [0, 0.1) is 11.3 Å². The van der Waals surface area contributed by atoms with Crippen molar-refractivity contribution >= 4 is 21.6 Å². The highest BCUT2D eigenvalue weighted by Crippen LogP contribution is 2.34. The highest BCUT2D eigenvalue weighted by molar-refractivity contribution is 8.00. The average Bonchev–Trinajstić information content (AvgIpc) is 2.85. The molecule has 0 saturated heterocycles. The molecule has 4 nitrogen and oxygen atoms in total. The molecule has 0 N–H and O–H groups in total. The van der Waals surface area contributed by atoms with Crippen LogP contribution in [-0.4, -0.2) is 24.9 Å². The molecule has 33 heavy (non-hydrogen) atoms. The number of hydrogen-bond donors (Lipinski definition) is 0. The molecule has 0 aliphatic carbocycles. The van der Waals surface area contributed by atoms with Crippen molar-refractivity contribution in [2.45, 2.75) is 10.8 Å². The predicted octanol–water partition coefficient (Wildman–Crippen LogP) is 5.99. The standard InChI is InChI=1S/C27H22N2O2S2/c28-19-25-24(22-12-6-2-7-13-22)18-26(23-14-8-3-9-15-23)29-27(25)32-16-17-33(30,31)20-21-10-4-1-5-11-21/h1-15,18H,16-17,20H2. The molecule has 4 aromatic rings. The molecule has 164 valence electrons. The zero-order valence-corrected chi connectivity index (χ0v) is 19.5. The van der Waals surface area contributed by atoms with E-state index in [4.69, 9.17) is 4.98 Å². The maximum atomic E-state index is 12.6. The van der Waals surface area contributed by atoms with Crippen molar-refractivity contribution in [2.75, 3.05) is 11.5 Å². The molecule has 0 fully saturated rings. The van der Waals surface area contributed by atoms with Crippen molar-refractivity contribution in [2.24, 2.45) is 0 Å². The maximum Gasteiger partial charge on any atom is 0.155 e.